The molecule has 0 spiro atoms. The largest absolute Gasteiger partial charge is 0.502 e. The van der Waals surface area contributed by atoms with Crippen LogP contribution in [0.2, 0.25) is 0 Å². The topological polar surface area (TPSA) is 106 Å². The number of halogens is 6. The standard InChI is InChI=1S/C8H11F6NO6S3/c1-3-15(4-2)22(16,17)5-6(23(18,19)7(9,10)11)24(20,21)8(12,13)14/h5H,3-4H2,1-2H3. The van der Waals surface area contributed by atoms with Crippen LogP contribution in [-0.4, -0.2) is 53.7 Å². The zero-order chi connectivity index (χ0) is 19.8. The van der Waals surface area contributed by atoms with E-state index in [9.17, 15) is 51.6 Å². The Labute approximate surface area is 133 Å². The summed E-state index contributed by atoms with van der Waals surface area (Å²) < 4.78 is 140. The Balaban J connectivity index is 6.94. The number of alkyl halides is 6. The minimum atomic E-state index is -7.12. The molecule has 16 heteroatoms. The van der Waals surface area contributed by atoms with Crippen LogP contribution in [-0.2, 0) is 29.7 Å². The summed E-state index contributed by atoms with van der Waals surface area (Å²) in [5.74, 6) is 0. The average Bonchev–Trinajstić information content (AvgIpc) is 2.34. The van der Waals surface area contributed by atoms with E-state index < -0.39 is 63.4 Å². The van der Waals surface area contributed by atoms with Crippen molar-refractivity contribution in [2.45, 2.75) is 24.9 Å². The monoisotopic (exact) mass is 427 g/mol. The highest BCUT2D eigenvalue weighted by atomic mass is 32.3. The Hall–Kier alpha value is -0.870. The second-order valence-electron chi connectivity index (χ2n) is 3.96. The number of sulfonamides is 1. The van der Waals surface area contributed by atoms with Gasteiger partial charge in [-0.25, -0.2) is 25.3 Å². The van der Waals surface area contributed by atoms with Crippen LogP contribution in [0.4, 0.5) is 26.3 Å². The van der Waals surface area contributed by atoms with Crippen molar-refractivity contribution in [3.05, 3.63) is 9.65 Å². The van der Waals surface area contributed by atoms with Crippen molar-refractivity contribution in [2.24, 2.45) is 0 Å². The van der Waals surface area contributed by atoms with E-state index in [0.29, 0.717) is 0 Å². The summed E-state index contributed by atoms with van der Waals surface area (Å²) in [7, 11) is -19.4. The minimum absolute atomic E-state index is 0.269. The minimum Gasteiger partial charge on any atom is -0.214 e. The third kappa shape index (κ3) is 4.40. The lowest BCUT2D eigenvalue weighted by Gasteiger charge is -2.18. The fourth-order valence-electron chi connectivity index (χ4n) is 1.28. The Morgan fingerprint density at radius 1 is 0.792 bits per heavy atom. The Morgan fingerprint density at radius 3 is 1.29 bits per heavy atom. The first-order valence-corrected chi connectivity index (χ1v) is 10.2. The molecule has 0 atom stereocenters. The van der Waals surface area contributed by atoms with Crippen LogP contribution in [0.3, 0.4) is 0 Å². The highest BCUT2D eigenvalue weighted by Gasteiger charge is 2.60. The van der Waals surface area contributed by atoms with Crippen molar-refractivity contribution >= 4 is 29.7 Å². The molecule has 0 saturated heterocycles. The summed E-state index contributed by atoms with van der Waals surface area (Å²) in [5.41, 5.74) is -12.9. The summed E-state index contributed by atoms with van der Waals surface area (Å²) in [6.45, 7) is 1.37. The van der Waals surface area contributed by atoms with Gasteiger partial charge in [0.1, 0.15) is 0 Å². The van der Waals surface area contributed by atoms with E-state index in [-0.39, 0.29) is 4.31 Å². The highest BCUT2D eigenvalue weighted by molar-refractivity contribution is 8.15. The fraction of sp³-hybridized carbons (Fsp3) is 0.750. The van der Waals surface area contributed by atoms with Gasteiger partial charge in [0.05, 0.1) is 5.41 Å². The maximum absolute atomic E-state index is 12.5. The average molecular weight is 427 g/mol. The van der Waals surface area contributed by atoms with Crippen molar-refractivity contribution in [2.75, 3.05) is 13.1 Å². The smallest absolute Gasteiger partial charge is 0.214 e. The van der Waals surface area contributed by atoms with Crippen LogP contribution in [0.15, 0.2) is 9.65 Å². The molecule has 144 valence electrons. The molecule has 0 bridgehead atoms. The van der Waals surface area contributed by atoms with Crippen molar-refractivity contribution < 1.29 is 51.6 Å². The number of hydrogen-bond acceptors (Lipinski definition) is 6. The predicted octanol–water partition coefficient (Wildman–Crippen LogP) is 1.33. The lowest BCUT2D eigenvalue weighted by Crippen LogP contribution is -2.36. The van der Waals surface area contributed by atoms with E-state index in [0.717, 1.165) is 13.8 Å². The van der Waals surface area contributed by atoms with E-state index in [1.807, 2.05) is 0 Å². The van der Waals surface area contributed by atoms with E-state index in [2.05, 4.69) is 0 Å². The summed E-state index contributed by atoms with van der Waals surface area (Å²) >= 11 is 0. The van der Waals surface area contributed by atoms with Gasteiger partial charge in [-0.15, -0.1) is 0 Å². The molecule has 0 saturated carbocycles. The number of hydrogen-bond donors (Lipinski definition) is 0. The van der Waals surface area contributed by atoms with Crippen LogP contribution in [0.25, 0.3) is 0 Å². The first-order chi connectivity index (χ1) is 10.4. The third-order valence-electron chi connectivity index (χ3n) is 2.45. The highest BCUT2D eigenvalue weighted by Crippen LogP contribution is 2.39. The van der Waals surface area contributed by atoms with E-state index in [4.69, 9.17) is 0 Å². The summed E-state index contributed by atoms with van der Waals surface area (Å²) in [6, 6.07) is 0. The first-order valence-electron chi connectivity index (χ1n) is 5.70. The van der Waals surface area contributed by atoms with Gasteiger partial charge in [-0.2, -0.15) is 30.6 Å². The SMILES string of the molecule is CCN(CC)S(=O)(=O)C=C(S(=O)(=O)C(F)(F)F)S(=O)(=O)C(F)(F)F. The Kier molecular flexibility index (Phi) is 6.55. The molecular formula is C8H11F6NO6S3. The van der Waals surface area contributed by atoms with Gasteiger partial charge >= 0.3 is 11.0 Å². The lowest BCUT2D eigenvalue weighted by atomic mass is 10.7. The van der Waals surface area contributed by atoms with Crippen LogP contribution in [0.5, 0.6) is 0 Å². The fourth-order valence-corrected chi connectivity index (χ4v) is 6.31. The molecule has 0 amide bonds. The van der Waals surface area contributed by atoms with Gasteiger partial charge in [0, 0.05) is 13.1 Å². The van der Waals surface area contributed by atoms with E-state index in [1.165, 1.54) is 0 Å². The van der Waals surface area contributed by atoms with Crippen molar-refractivity contribution in [3.8, 4) is 0 Å². The molecule has 0 aromatic rings. The second kappa shape index (κ2) is 6.80. The first kappa shape index (κ1) is 23.1. The molecule has 0 aliphatic carbocycles. The quantitative estimate of drug-likeness (QED) is 0.592. The molecule has 0 heterocycles. The number of nitrogens with zero attached hydrogens (tertiary/aromatic N) is 1. The molecule has 24 heavy (non-hydrogen) atoms. The molecule has 0 radical (unpaired) electrons. The molecule has 7 nitrogen and oxygen atoms in total. The summed E-state index contributed by atoms with van der Waals surface area (Å²) in [4.78, 5) is 0. The summed E-state index contributed by atoms with van der Waals surface area (Å²) in [5, 5.41) is -1.05. The van der Waals surface area contributed by atoms with Crippen LogP contribution < -0.4 is 0 Å². The summed E-state index contributed by atoms with van der Waals surface area (Å²) in [6.07, 6.45) is 0. The number of rotatable bonds is 6. The van der Waals surface area contributed by atoms with Crippen LogP contribution in [0.1, 0.15) is 13.8 Å². The molecular weight excluding hydrogens is 416 g/mol. The van der Waals surface area contributed by atoms with Gasteiger partial charge in [-0.1, -0.05) is 13.8 Å². The predicted molar refractivity (Wildman–Crippen MR) is 69.9 cm³/mol. The maximum atomic E-state index is 12.5. The second-order valence-corrected chi connectivity index (χ2v) is 9.82. The van der Waals surface area contributed by atoms with E-state index >= 15 is 0 Å². The Bertz CT molecular complexity index is 755. The molecule has 0 aliphatic rings. The molecule has 0 aromatic carbocycles. The van der Waals surface area contributed by atoms with Gasteiger partial charge < -0.3 is 0 Å². The van der Waals surface area contributed by atoms with Gasteiger partial charge in [0.15, 0.2) is 4.24 Å². The third-order valence-corrected chi connectivity index (χ3v) is 8.35. The van der Waals surface area contributed by atoms with Crippen LogP contribution in [0, 0.1) is 0 Å². The van der Waals surface area contributed by atoms with Crippen molar-refractivity contribution in [3.63, 3.8) is 0 Å². The zero-order valence-corrected chi connectivity index (χ0v) is 14.3. The molecule has 0 aliphatic heterocycles. The molecule has 0 aromatic heterocycles. The van der Waals surface area contributed by atoms with Gasteiger partial charge in [0.2, 0.25) is 10.0 Å². The van der Waals surface area contributed by atoms with Gasteiger partial charge in [-0.05, 0) is 0 Å². The molecule has 0 rings (SSSR count). The van der Waals surface area contributed by atoms with Crippen LogP contribution >= 0.6 is 0 Å². The normalized spacial score (nSPS) is 14.7. The zero-order valence-electron chi connectivity index (χ0n) is 11.9. The van der Waals surface area contributed by atoms with Gasteiger partial charge in [0.25, 0.3) is 19.7 Å². The van der Waals surface area contributed by atoms with Gasteiger partial charge in [-0.3, -0.25) is 0 Å². The molecule has 0 fully saturated rings. The van der Waals surface area contributed by atoms with Crippen molar-refractivity contribution in [1.82, 2.24) is 4.31 Å². The lowest BCUT2D eigenvalue weighted by molar-refractivity contribution is -0.0443. The van der Waals surface area contributed by atoms with E-state index in [1.54, 1.807) is 0 Å². The maximum Gasteiger partial charge on any atom is 0.502 e. The molecule has 0 N–H and O–H groups in total. The molecule has 0 unspecified atom stereocenters. The number of sulfone groups is 2. The van der Waals surface area contributed by atoms with Crippen molar-refractivity contribution in [1.29, 1.82) is 0 Å². The Morgan fingerprint density at radius 2 is 1.08 bits per heavy atom.